The van der Waals surface area contributed by atoms with Crippen LogP contribution >= 0.6 is 11.6 Å². The van der Waals surface area contributed by atoms with Crippen LogP contribution in [-0.2, 0) is 7.05 Å². The number of hydrogen-bond donors (Lipinski definition) is 2. The second-order valence-electron chi connectivity index (χ2n) is 6.21. The van der Waals surface area contributed by atoms with E-state index in [4.69, 9.17) is 11.6 Å². The van der Waals surface area contributed by atoms with E-state index in [1.807, 2.05) is 6.07 Å². The number of aromatic nitrogens is 3. The summed E-state index contributed by atoms with van der Waals surface area (Å²) >= 11 is 6.30. The van der Waals surface area contributed by atoms with Gasteiger partial charge in [0.2, 0.25) is 0 Å². The molecule has 2 aromatic heterocycles. The molecule has 0 saturated carbocycles. The third-order valence-electron chi connectivity index (χ3n) is 4.32. The molecule has 2 heterocycles. The van der Waals surface area contributed by atoms with Crippen molar-refractivity contribution in [1.82, 2.24) is 20.1 Å². The van der Waals surface area contributed by atoms with Crippen LogP contribution in [0, 0.1) is 0 Å². The number of nitrogens with one attached hydrogen (secondary N) is 2. The van der Waals surface area contributed by atoms with E-state index >= 15 is 0 Å². The summed E-state index contributed by atoms with van der Waals surface area (Å²) in [6.45, 7) is 2.70. The van der Waals surface area contributed by atoms with Gasteiger partial charge in [0.15, 0.2) is 0 Å². The first-order chi connectivity index (χ1) is 12.5. The number of H-pyrrole nitrogens is 1. The maximum Gasteiger partial charge on any atom is 0.274 e. The van der Waals surface area contributed by atoms with Gasteiger partial charge in [-0.3, -0.25) is 14.3 Å². The average Bonchev–Trinajstić information content (AvgIpc) is 2.97. The maximum atomic E-state index is 12.5. The lowest BCUT2D eigenvalue weighted by molar-refractivity contribution is 0.0948. The Balaban J connectivity index is 2.08. The van der Waals surface area contributed by atoms with Crippen LogP contribution in [0.15, 0.2) is 35.3 Å². The van der Waals surface area contributed by atoms with Crippen molar-refractivity contribution >= 4 is 28.4 Å². The van der Waals surface area contributed by atoms with Gasteiger partial charge in [-0.1, -0.05) is 43.5 Å². The van der Waals surface area contributed by atoms with Gasteiger partial charge >= 0.3 is 0 Å². The molecule has 0 saturated heterocycles. The zero-order chi connectivity index (χ0) is 18.7. The van der Waals surface area contributed by atoms with Gasteiger partial charge in [-0.25, -0.2) is 4.98 Å². The van der Waals surface area contributed by atoms with Crippen molar-refractivity contribution in [1.29, 1.82) is 0 Å². The van der Waals surface area contributed by atoms with Gasteiger partial charge in [-0.05, 0) is 18.6 Å². The first kappa shape index (κ1) is 18.2. The number of halogens is 1. The Bertz CT molecular complexity index is 1010. The quantitative estimate of drug-likeness (QED) is 0.650. The van der Waals surface area contributed by atoms with Crippen LogP contribution in [0.2, 0.25) is 5.02 Å². The summed E-state index contributed by atoms with van der Waals surface area (Å²) in [5, 5.41) is 6.92. The molecule has 0 spiro atoms. The van der Waals surface area contributed by atoms with Gasteiger partial charge in [0.25, 0.3) is 11.5 Å². The standard InChI is InChI=1S/C19H21ClN4O2/c1-3-4-5-9-21-18(25)16-10-13(14-11-22-24(2)19(14)26)12-7-6-8-15(20)17(12)23-16/h6-8,10-11,22H,3-5,9H2,1-2H3,(H,21,25). The number of para-hydroxylation sites is 1. The Morgan fingerprint density at radius 2 is 2.12 bits per heavy atom. The van der Waals surface area contributed by atoms with Crippen molar-refractivity contribution in [2.24, 2.45) is 7.05 Å². The fourth-order valence-corrected chi connectivity index (χ4v) is 3.09. The van der Waals surface area contributed by atoms with Crippen LogP contribution < -0.4 is 10.9 Å². The number of carbonyl (C=O) groups excluding carboxylic acids is 1. The number of fused-ring (bicyclic) bond motifs is 1. The third-order valence-corrected chi connectivity index (χ3v) is 4.62. The van der Waals surface area contributed by atoms with Crippen molar-refractivity contribution in [2.45, 2.75) is 26.2 Å². The second-order valence-corrected chi connectivity index (χ2v) is 6.61. The predicted octanol–water partition coefficient (Wildman–Crippen LogP) is 3.50. The zero-order valence-electron chi connectivity index (χ0n) is 14.8. The number of hydrogen-bond acceptors (Lipinski definition) is 3. The fraction of sp³-hybridized carbons (Fsp3) is 0.316. The highest BCUT2D eigenvalue weighted by Gasteiger charge is 2.17. The van der Waals surface area contributed by atoms with E-state index in [1.54, 1.807) is 31.4 Å². The molecule has 0 atom stereocenters. The normalized spacial score (nSPS) is 11.0. The smallest absolute Gasteiger partial charge is 0.274 e. The van der Waals surface area contributed by atoms with Gasteiger partial charge in [-0.2, -0.15) is 0 Å². The van der Waals surface area contributed by atoms with Crippen LogP contribution in [0.4, 0.5) is 0 Å². The maximum absolute atomic E-state index is 12.5. The van der Waals surface area contributed by atoms with Crippen LogP contribution in [-0.4, -0.2) is 27.2 Å². The molecule has 0 aliphatic carbocycles. The molecule has 0 aliphatic heterocycles. The lowest BCUT2D eigenvalue weighted by atomic mass is 10.0. The molecule has 136 valence electrons. The number of nitrogens with zero attached hydrogens (tertiary/aromatic N) is 2. The summed E-state index contributed by atoms with van der Waals surface area (Å²) in [5.41, 5.74) is 1.70. The van der Waals surface area contributed by atoms with Crippen LogP contribution in [0.25, 0.3) is 22.0 Å². The SMILES string of the molecule is CCCCCNC(=O)c1cc(-c2c[nH]n(C)c2=O)c2cccc(Cl)c2n1. The zero-order valence-corrected chi connectivity index (χ0v) is 15.6. The highest BCUT2D eigenvalue weighted by Crippen LogP contribution is 2.30. The first-order valence-electron chi connectivity index (χ1n) is 8.65. The number of amides is 1. The molecule has 3 aromatic rings. The summed E-state index contributed by atoms with van der Waals surface area (Å²) in [7, 11) is 1.64. The number of unbranched alkanes of at least 4 members (excludes halogenated alkanes) is 2. The molecule has 0 bridgehead atoms. The van der Waals surface area contributed by atoms with Gasteiger partial charge in [-0.15, -0.1) is 0 Å². The van der Waals surface area contributed by atoms with E-state index < -0.39 is 0 Å². The Kier molecular flexibility index (Phi) is 5.42. The Hall–Kier alpha value is -2.60. The number of benzene rings is 1. The Morgan fingerprint density at radius 1 is 1.31 bits per heavy atom. The van der Waals surface area contributed by atoms with Gasteiger partial charge in [0.1, 0.15) is 5.69 Å². The van der Waals surface area contributed by atoms with Crippen LogP contribution in [0.3, 0.4) is 0 Å². The largest absolute Gasteiger partial charge is 0.351 e. The summed E-state index contributed by atoms with van der Waals surface area (Å²) < 4.78 is 1.39. The van der Waals surface area contributed by atoms with Crippen LogP contribution in [0.1, 0.15) is 36.7 Å². The first-order valence-corrected chi connectivity index (χ1v) is 9.03. The molecule has 2 N–H and O–H groups in total. The number of pyridine rings is 1. The van der Waals surface area contributed by atoms with Crippen molar-refractivity contribution in [3.05, 3.63) is 51.5 Å². The van der Waals surface area contributed by atoms with Gasteiger partial charge < -0.3 is 10.4 Å². The van der Waals surface area contributed by atoms with Crippen molar-refractivity contribution in [3.8, 4) is 11.1 Å². The Labute approximate surface area is 156 Å². The highest BCUT2D eigenvalue weighted by atomic mass is 35.5. The minimum absolute atomic E-state index is 0.174. The molecule has 7 heteroatoms. The van der Waals surface area contributed by atoms with Crippen molar-refractivity contribution in [2.75, 3.05) is 6.54 Å². The van der Waals surface area contributed by atoms with E-state index in [1.165, 1.54) is 4.68 Å². The highest BCUT2D eigenvalue weighted by molar-refractivity contribution is 6.35. The van der Waals surface area contributed by atoms with E-state index in [0.717, 1.165) is 24.6 Å². The molecule has 0 aliphatic rings. The summed E-state index contributed by atoms with van der Waals surface area (Å²) in [5.74, 6) is -0.267. The Morgan fingerprint density at radius 3 is 2.81 bits per heavy atom. The minimum atomic E-state index is -0.267. The van der Waals surface area contributed by atoms with Crippen molar-refractivity contribution in [3.63, 3.8) is 0 Å². The molecular weight excluding hydrogens is 352 g/mol. The number of aryl methyl sites for hydroxylation is 1. The van der Waals surface area contributed by atoms with E-state index in [9.17, 15) is 9.59 Å². The molecule has 26 heavy (non-hydrogen) atoms. The third kappa shape index (κ3) is 3.51. The van der Waals surface area contributed by atoms with E-state index in [-0.39, 0.29) is 17.2 Å². The minimum Gasteiger partial charge on any atom is -0.351 e. The van der Waals surface area contributed by atoms with E-state index in [0.29, 0.717) is 28.2 Å². The number of rotatable bonds is 6. The van der Waals surface area contributed by atoms with Crippen LogP contribution in [0.5, 0.6) is 0 Å². The van der Waals surface area contributed by atoms with E-state index in [2.05, 4.69) is 22.3 Å². The van der Waals surface area contributed by atoms with Gasteiger partial charge in [0, 0.05) is 30.7 Å². The molecule has 0 radical (unpaired) electrons. The average molecular weight is 373 g/mol. The lowest BCUT2D eigenvalue weighted by Crippen LogP contribution is -2.25. The molecule has 6 nitrogen and oxygen atoms in total. The molecule has 0 unspecified atom stereocenters. The topological polar surface area (TPSA) is 79.8 Å². The lowest BCUT2D eigenvalue weighted by Gasteiger charge is -2.10. The summed E-state index contributed by atoms with van der Waals surface area (Å²) in [6.07, 6.45) is 4.69. The fourth-order valence-electron chi connectivity index (χ4n) is 2.88. The molecule has 3 rings (SSSR count). The van der Waals surface area contributed by atoms with Gasteiger partial charge in [0.05, 0.1) is 16.1 Å². The summed E-state index contributed by atoms with van der Waals surface area (Å²) in [6, 6.07) is 7.02. The molecule has 1 amide bonds. The number of aromatic amines is 1. The van der Waals surface area contributed by atoms with Crippen molar-refractivity contribution < 1.29 is 4.79 Å². The molecule has 1 aromatic carbocycles. The predicted molar refractivity (Wildman–Crippen MR) is 104 cm³/mol. The monoisotopic (exact) mass is 372 g/mol. The summed E-state index contributed by atoms with van der Waals surface area (Å²) in [4.78, 5) is 29.4. The molecule has 0 fully saturated rings. The second kappa shape index (κ2) is 7.74. The number of carbonyl (C=O) groups is 1. The molecular formula is C19H21ClN4O2.